The number of alkyl carbamates (subject to hydrolysis) is 1. The lowest BCUT2D eigenvalue weighted by atomic mass is 10.0. The summed E-state index contributed by atoms with van der Waals surface area (Å²) in [5.74, 6) is -0.854. The number of phenols is 1. The third-order valence-corrected chi connectivity index (χ3v) is 5.88. The molecule has 0 aromatic heterocycles. The van der Waals surface area contributed by atoms with Gasteiger partial charge in [0, 0.05) is 18.8 Å². The van der Waals surface area contributed by atoms with E-state index in [0.717, 1.165) is 18.4 Å². The minimum atomic E-state index is -1.03. The predicted molar refractivity (Wildman–Crippen MR) is 147 cm³/mol. The van der Waals surface area contributed by atoms with Crippen LogP contribution in [0.1, 0.15) is 64.1 Å². The first-order chi connectivity index (χ1) is 17.6. The van der Waals surface area contributed by atoms with Crippen molar-refractivity contribution < 1.29 is 24.2 Å². The summed E-state index contributed by atoms with van der Waals surface area (Å²) in [6.45, 7) is 7.80. The van der Waals surface area contributed by atoms with Crippen molar-refractivity contribution in [3.63, 3.8) is 0 Å². The molecular weight excluding hydrogens is 490 g/mol. The summed E-state index contributed by atoms with van der Waals surface area (Å²) in [7, 11) is 0. The van der Waals surface area contributed by atoms with E-state index in [-0.39, 0.29) is 24.6 Å². The van der Waals surface area contributed by atoms with Gasteiger partial charge in [0.05, 0.1) is 0 Å². The van der Waals surface area contributed by atoms with E-state index in [1.807, 2.05) is 37.3 Å². The Bertz CT molecular complexity index is 1030. The van der Waals surface area contributed by atoms with Crippen molar-refractivity contribution >= 4 is 30.5 Å². The topological polar surface area (TPSA) is 108 Å². The molecule has 3 amide bonds. The van der Waals surface area contributed by atoms with Gasteiger partial charge in [-0.15, -0.1) is 0 Å². The maximum Gasteiger partial charge on any atom is 0.408 e. The molecule has 0 fully saturated rings. The average Bonchev–Trinajstić information content (AvgIpc) is 2.84. The van der Waals surface area contributed by atoms with Crippen molar-refractivity contribution in [3.05, 3.63) is 65.7 Å². The predicted octanol–water partition coefficient (Wildman–Crippen LogP) is 4.59. The van der Waals surface area contributed by atoms with Crippen LogP contribution in [-0.2, 0) is 20.9 Å². The van der Waals surface area contributed by atoms with Crippen LogP contribution in [0.3, 0.4) is 0 Å². The monoisotopic (exact) mass is 529 g/mol. The third kappa shape index (κ3) is 9.99. The van der Waals surface area contributed by atoms with Gasteiger partial charge in [-0.3, -0.25) is 9.59 Å². The number of amides is 3. The summed E-state index contributed by atoms with van der Waals surface area (Å²) >= 11 is 4.30. The zero-order chi connectivity index (χ0) is 27.4. The second-order valence-electron chi connectivity index (χ2n) is 9.82. The van der Waals surface area contributed by atoms with Crippen molar-refractivity contribution in [2.45, 2.75) is 71.2 Å². The number of nitrogens with one attached hydrogen (secondary N) is 2. The van der Waals surface area contributed by atoms with Gasteiger partial charge >= 0.3 is 6.09 Å². The lowest BCUT2D eigenvalue weighted by Gasteiger charge is -2.34. The second-order valence-corrected chi connectivity index (χ2v) is 10.2. The first-order valence-electron chi connectivity index (χ1n) is 12.6. The number of benzene rings is 2. The lowest BCUT2D eigenvalue weighted by Crippen LogP contribution is -2.54. The number of carbonyl (C=O) groups is 3. The number of phenolic OH excluding ortho intramolecular Hbond substituents is 1. The van der Waals surface area contributed by atoms with E-state index in [2.05, 4.69) is 23.3 Å². The molecule has 2 rings (SSSR count). The molecule has 0 aliphatic heterocycles. The molecule has 0 saturated heterocycles. The minimum absolute atomic E-state index is 0.0146. The van der Waals surface area contributed by atoms with E-state index in [1.54, 1.807) is 32.9 Å². The Labute approximate surface area is 225 Å². The van der Waals surface area contributed by atoms with Gasteiger partial charge in [0.25, 0.3) is 0 Å². The maximum absolute atomic E-state index is 13.8. The van der Waals surface area contributed by atoms with E-state index in [9.17, 15) is 19.5 Å². The summed E-state index contributed by atoms with van der Waals surface area (Å²) in [5.41, 5.74) is 0.635. The molecule has 0 radical (unpaired) electrons. The van der Waals surface area contributed by atoms with Crippen LogP contribution in [0.25, 0.3) is 0 Å². The smallest absolute Gasteiger partial charge is 0.408 e. The van der Waals surface area contributed by atoms with Crippen LogP contribution in [-0.4, -0.2) is 51.9 Å². The Morgan fingerprint density at radius 1 is 1.05 bits per heavy atom. The molecule has 3 N–H and O–H groups in total. The van der Waals surface area contributed by atoms with Crippen molar-refractivity contribution in [2.75, 3.05) is 12.3 Å². The molecule has 2 unspecified atom stereocenters. The van der Waals surface area contributed by atoms with Crippen LogP contribution in [0.5, 0.6) is 5.75 Å². The third-order valence-electron chi connectivity index (χ3n) is 5.51. The minimum Gasteiger partial charge on any atom is -0.508 e. The fourth-order valence-electron chi connectivity index (χ4n) is 3.78. The highest BCUT2D eigenvalue weighted by atomic mass is 32.1. The molecule has 2 aromatic carbocycles. The number of hydrogen-bond donors (Lipinski definition) is 4. The van der Waals surface area contributed by atoms with Gasteiger partial charge in [-0.25, -0.2) is 4.79 Å². The summed E-state index contributed by atoms with van der Waals surface area (Å²) in [6, 6.07) is 13.7. The van der Waals surface area contributed by atoms with E-state index in [4.69, 9.17) is 4.74 Å². The Balaban J connectivity index is 2.40. The summed E-state index contributed by atoms with van der Waals surface area (Å²) in [6.07, 6.45) is 1.70. The van der Waals surface area contributed by atoms with Crippen molar-refractivity contribution in [2.24, 2.45) is 0 Å². The van der Waals surface area contributed by atoms with E-state index < -0.39 is 35.6 Å². The number of aromatic hydroxyl groups is 1. The first-order valence-corrected chi connectivity index (χ1v) is 13.2. The van der Waals surface area contributed by atoms with Crippen molar-refractivity contribution in [1.29, 1.82) is 0 Å². The van der Waals surface area contributed by atoms with Gasteiger partial charge < -0.3 is 25.4 Å². The van der Waals surface area contributed by atoms with Crippen molar-refractivity contribution in [3.8, 4) is 5.75 Å². The number of hydrogen-bond acceptors (Lipinski definition) is 6. The van der Waals surface area contributed by atoms with E-state index in [1.165, 1.54) is 17.0 Å². The molecule has 0 aliphatic rings. The molecule has 2 aromatic rings. The zero-order valence-electron chi connectivity index (χ0n) is 22.1. The molecule has 0 saturated carbocycles. The zero-order valence-corrected chi connectivity index (χ0v) is 23.0. The highest BCUT2D eigenvalue weighted by molar-refractivity contribution is 7.80. The van der Waals surface area contributed by atoms with E-state index >= 15 is 0 Å². The number of thiol groups is 1. The fourth-order valence-corrected chi connectivity index (χ4v) is 4.03. The molecular formula is C28H39N3O5S. The normalized spacial score (nSPS) is 12.8. The number of ether oxygens (including phenoxy) is 1. The molecule has 8 nitrogen and oxygen atoms in total. The van der Waals surface area contributed by atoms with Gasteiger partial charge in [0.1, 0.15) is 23.4 Å². The van der Waals surface area contributed by atoms with Gasteiger partial charge in [0.2, 0.25) is 11.8 Å². The number of rotatable bonds is 12. The standard InChI is InChI=1S/C28H39N3O5S/c1-5-6-10-16-31(26(34)23(19-37)30-27(35)36-28(2,3)4)24(21-14-11-15-22(32)17-21)25(33)29-18-20-12-8-7-9-13-20/h7-9,11-15,17,23-24,32,37H,5-6,10,16,18-19H2,1-4H3,(H,29,33)(H,30,35). The molecule has 9 heteroatoms. The Morgan fingerprint density at radius 3 is 2.35 bits per heavy atom. The number of unbranched alkanes of at least 4 members (excludes halogenated alkanes) is 2. The molecule has 0 aliphatic carbocycles. The molecule has 0 heterocycles. The summed E-state index contributed by atoms with van der Waals surface area (Å²) in [4.78, 5) is 41.3. The van der Waals surface area contributed by atoms with Gasteiger partial charge in [0.15, 0.2) is 0 Å². The average molecular weight is 530 g/mol. The molecule has 0 spiro atoms. The molecule has 0 bridgehead atoms. The highest BCUT2D eigenvalue weighted by Crippen LogP contribution is 2.26. The maximum atomic E-state index is 13.8. The van der Waals surface area contributed by atoms with Crippen LogP contribution in [0.2, 0.25) is 0 Å². The van der Waals surface area contributed by atoms with Gasteiger partial charge in [-0.1, -0.05) is 62.2 Å². The van der Waals surface area contributed by atoms with Crippen LogP contribution in [0, 0.1) is 0 Å². The first kappa shape index (κ1) is 30.0. The van der Waals surface area contributed by atoms with Gasteiger partial charge in [-0.05, 0) is 50.5 Å². The van der Waals surface area contributed by atoms with Crippen LogP contribution >= 0.6 is 12.6 Å². The Kier molecular flexibility index (Phi) is 11.8. The largest absolute Gasteiger partial charge is 0.508 e. The summed E-state index contributed by atoms with van der Waals surface area (Å²) in [5, 5.41) is 15.7. The van der Waals surface area contributed by atoms with Crippen LogP contribution in [0.4, 0.5) is 4.79 Å². The fraction of sp³-hybridized carbons (Fsp3) is 0.464. The van der Waals surface area contributed by atoms with Crippen molar-refractivity contribution in [1.82, 2.24) is 15.5 Å². The number of nitrogens with zero attached hydrogens (tertiary/aromatic N) is 1. The second kappa shape index (κ2) is 14.5. The SMILES string of the molecule is CCCCCN(C(=O)C(CS)NC(=O)OC(C)(C)C)C(C(=O)NCc1ccccc1)c1cccc(O)c1. The quantitative estimate of drug-likeness (QED) is 0.238. The summed E-state index contributed by atoms with van der Waals surface area (Å²) < 4.78 is 5.33. The Morgan fingerprint density at radius 2 is 1.76 bits per heavy atom. The molecule has 37 heavy (non-hydrogen) atoms. The number of carbonyl (C=O) groups excluding carboxylic acids is 3. The molecule has 202 valence electrons. The Hall–Kier alpha value is -3.20. The van der Waals surface area contributed by atoms with E-state index in [0.29, 0.717) is 12.0 Å². The molecule has 2 atom stereocenters. The van der Waals surface area contributed by atoms with Crippen LogP contribution < -0.4 is 10.6 Å². The highest BCUT2D eigenvalue weighted by Gasteiger charge is 2.35. The van der Waals surface area contributed by atoms with Gasteiger partial charge in [-0.2, -0.15) is 12.6 Å². The lowest BCUT2D eigenvalue weighted by molar-refractivity contribution is -0.142. The van der Waals surface area contributed by atoms with Crippen LogP contribution in [0.15, 0.2) is 54.6 Å².